The van der Waals surface area contributed by atoms with Gasteiger partial charge in [-0.3, -0.25) is 0 Å². The van der Waals surface area contributed by atoms with E-state index in [2.05, 4.69) is 0 Å². The summed E-state index contributed by atoms with van der Waals surface area (Å²) in [5.41, 5.74) is 5.18. The first kappa shape index (κ1) is 12.2. The molecule has 2 nitrogen and oxygen atoms in total. The predicted octanol–water partition coefficient (Wildman–Crippen LogP) is 3.10. The van der Waals surface area contributed by atoms with Crippen LogP contribution in [-0.2, 0) is 12.7 Å². The van der Waals surface area contributed by atoms with Gasteiger partial charge in [0.25, 0.3) is 0 Å². The highest BCUT2D eigenvalue weighted by atomic mass is 19.4. The Balaban J connectivity index is 2.21. The number of alkyl halides is 3. The van der Waals surface area contributed by atoms with E-state index < -0.39 is 11.7 Å². The third-order valence-electron chi connectivity index (χ3n) is 2.95. The van der Waals surface area contributed by atoms with Crippen LogP contribution in [0.1, 0.15) is 30.4 Å². The molecular weight excluding hydrogens is 231 g/mol. The minimum atomic E-state index is -4.33. The van der Waals surface area contributed by atoms with Crippen LogP contribution in [0, 0.1) is 0 Å². The molecule has 0 unspecified atom stereocenters. The quantitative estimate of drug-likeness (QED) is 0.888. The molecule has 5 heteroatoms. The first-order valence-corrected chi connectivity index (χ1v) is 5.57. The standard InChI is InChI=1S/C12H14F3NO/c13-12(14,15)9-4-5-11(8(6-9)7-16)17-10-2-1-3-10/h4-6,10H,1-3,7,16H2. The van der Waals surface area contributed by atoms with Gasteiger partial charge in [-0.15, -0.1) is 0 Å². The first-order valence-electron chi connectivity index (χ1n) is 5.57. The maximum atomic E-state index is 12.5. The van der Waals surface area contributed by atoms with Crippen molar-refractivity contribution >= 4 is 0 Å². The summed E-state index contributed by atoms with van der Waals surface area (Å²) < 4.78 is 43.1. The van der Waals surface area contributed by atoms with Gasteiger partial charge in [-0.05, 0) is 37.5 Å². The lowest BCUT2D eigenvalue weighted by Gasteiger charge is -2.27. The molecule has 1 saturated carbocycles. The third-order valence-corrected chi connectivity index (χ3v) is 2.95. The molecule has 2 rings (SSSR count). The normalized spacial score (nSPS) is 16.7. The molecule has 0 amide bonds. The molecule has 0 spiro atoms. The Hall–Kier alpha value is -1.23. The van der Waals surface area contributed by atoms with Crippen LogP contribution < -0.4 is 10.5 Å². The van der Waals surface area contributed by atoms with Crippen molar-refractivity contribution in [2.75, 3.05) is 0 Å². The average Bonchev–Trinajstić information content (AvgIpc) is 2.22. The van der Waals surface area contributed by atoms with E-state index in [4.69, 9.17) is 10.5 Å². The second-order valence-electron chi connectivity index (χ2n) is 4.20. The lowest BCUT2D eigenvalue weighted by atomic mass is 9.96. The number of halogens is 3. The molecule has 94 valence electrons. The average molecular weight is 245 g/mol. The SMILES string of the molecule is NCc1cc(C(F)(F)F)ccc1OC1CCC1. The van der Waals surface area contributed by atoms with E-state index in [0.717, 1.165) is 31.4 Å². The molecule has 17 heavy (non-hydrogen) atoms. The second kappa shape index (κ2) is 4.56. The molecule has 0 atom stereocenters. The summed E-state index contributed by atoms with van der Waals surface area (Å²) in [6.45, 7) is 0.0476. The Morgan fingerprint density at radius 2 is 2.00 bits per heavy atom. The van der Waals surface area contributed by atoms with Gasteiger partial charge in [0.2, 0.25) is 0 Å². The molecule has 2 N–H and O–H groups in total. The van der Waals surface area contributed by atoms with Gasteiger partial charge in [-0.2, -0.15) is 13.2 Å². The molecule has 1 aliphatic carbocycles. The van der Waals surface area contributed by atoms with Crippen molar-refractivity contribution in [1.29, 1.82) is 0 Å². The highest BCUT2D eigenvalue weighted by Gasteiger charge is 2.31. The Kier molecular flexibility index (Phi) is 3.28. The van der Waals surface area contributed by atoms with E-state index in [1.165, 1.54) is 6.07 Å². The second-order valence-corrected chi connectivity index (χ2v) is 4.20. The lowest BCUT2D eigenvalue weighted by Crippen LogP contribution is -2.25. The minimum Gasteiger partial charge on any atom is -0.490 e. The van der Waals surface area contributed by atoms with E-state index in [1.807, 2.05) is 0 Å². The van der Waals surface area contributed by atoms with Gasteiger partial charge >= 0.3 is 6.18 Å². The van der Waals surface area contributed by atoms with Crippen LogP contribution in [0.3, 0.4) is 0 Å². The number of nitrogens with two attached hydrogens (primary N) is 1. The topological polar surface area (TPSA) is 35.2 Å². The Bertz CT molecular complexity index is 399. The highest BCUT2D eigenvalue weighted by Crippen LogP contribution is 2.34. The van der Waals surface area contributed by atoms with Crippen molar-refractivity contribution in [3.8, 4) is 5.75 Å². The largest absolute Gasteiger partial charge is 0.490 e. The Morgan fingerprint density at radius 1 is 1.29 bits per heavy atom. The van der Waals surface area contributed by atoms with Crippen LogP contribution in [0.25, 0.3) is 0 Å². The van der Waals surface area contributed by atoms with Crippen molar-refractivity contribution in [2.24, 2.45) is 5.73 Å². The van der Waals surface area contributed by atoms with Gasteiger partial charge < -0.3 is 10.5 Å². The van der Waals surface area contributed by atoms with Crippen LogP contribution in [-0.4, -0.2) is 6.10 Å². The maximum absolute atomic E-state index is 12.5. The van der Waals surface area contributed by atoms with Crippen LogP contribution in [0.4, 0.5) is 13.2 Å². The van der Waals surface area contributed by atoms with Crippen molar-refractivity contribution in [3.05, 3.63) is 29.3 Å². The first-order chi connectivity index (χ1) is 8.00. The summed E-state index contributed by atoms with van der Waals surface area (Å²) in [7, 11) is 0. The molecule has 0 aliphatic heterocycles. The lowest BCUT2D eigenvalue weighted by molar-refractivity contribution is -0.137. The molecule has 0 heterocycles. The zero-order valence-corrected chi connectivity index (χ0v) is 9.26. The van der Waals surface area contributed by atoms with Crippen LogP contribution >= 0.6 is 0 Å². The fraction of sp³-hybridized carbons (Fsp3) is 0.500. The van der Waals surface area contributed by atoms with E-state index in [1.54, 1.807) is 0 Å². The summed E-state index contributed by atoms with van der Waals surface area (Å²) >= 11 is 0. The van der Waals surface area contributed by atoms with E-state index in [0.29, 0.717) is 11.3 Å². The van der Waals surface area contributed by atoms with E-state index in [-0.39, 0.29) is 12.6 Å². The molecule has 1 fully saturated rings. The molecule has 0 aromatic heterocycles. The van der Waals surface area contributed by atoms with Crippen LogP contribution in [0.5, 0.6) is 5.75 Å². The summed E-state index contributed by atoms with van der Waals surface area (Å²) in [5.74, 6) is 0.477. The Morgan fingerprint density at radius 3 is 2.47 bits per heavy atom. The number of hydrogen-bond donors (Lipinski definition) is 1. The fourth-order valence-electron chi connectivity index (χ4n) is 1.70. The van der Waals surface area contributed by atoms with Gasteiger partial charge in [-0.1, -0.05) is 0 Å². The number of ether oxygens (including phenoxy) is 1. The van der Waals surface area contributed by atoms with Crippen LogP contribution in [0.2, 0.25) is 0 Å². The zero-order chi connectivity index (χ0) is 12.5. The predicted molar refractivity (Wildman–Crippen MR) is 57.6 cm³/mol. The number of hydrogen-bond acceptors (Lipinski definition) is 2. The van der Waals surface area contributed by atoms with Crippen molar-refractivity contribution in [1.82, 2.24) is 0 Å². The van der Waals surface area contributed by atoms with Gasteiger partial charge in [0.15, 0.2) is 0 Å². The monoisotopic (exact) mass is 245 g/mol. The smallest absolute Gasteiger partial charge is 0.416 e. The molecule has 0 saturated heterocycles. The molecule has 1 aliphatic rings. The summed E-state index contributed by atoms with van der Waals surface area (Å²) in [6.07, 6.45) is -1.16. The summed E-state index contributed by atoms with van der Waals surface area (Å²) in [6, 6.07) is 3.46. The fourth-order valence-corrected chi connectivity index (χ4v) is 1.70. The molecule has 1 aromatic rings. The van der Waals surface area contributed by atoms with Gasteiger partial charge in [0.1, 0.15) is 5.75 Å². The summed E-state index contributed by atoms with van der Waals surface area (Å²) in [4.78, 5) is 0. The number of benzene rings is 1. The molecule has 0 radical (unpaired) electrons. The van der Waals surface area contributed by atoms with Crippen molar-refractivity contribution in [2.45, 2.75) is 38.1 Å². The molecule has 1 aromatic carbocycles. The van der Waals surface area contributed by atoms with E-state index >= 15 is 0 Å². The van der Waals surface area contributed by atoms with Gasteiger partial charge in [0, 0.05) is 12.1 Å². The highest BCUT2D eigenvalue weighted by molar-refractivity contribution is 5.38. The van der Waals surface area contributed by atoms with Crippen LogP contribution in [0.15, 0.2) is 18.2 Å². The minimum absolute atomic E-state index is 0.0476. The van der Waals surface area contributed by atoms with E-state index in [9.17, 15) is 13.2 Å². The molecule has 0 bridgehead atoms. The Labute approximate surface area is 97.6 Å². The van der Waals surface area contributed by atoms with Crippen molar-refractivity contribution in [3.63, 3.8) is 0 Å². The van der Waals surface area contributed by atoms with Gasteiger partial charge in [-0.25, -0.2) is 0 Å². The maximum Gasteiger partial charge on any atom is 0.416 e. The van der Waals surface area contributed by atoms with Gasteiger partial charge in [0.05, 0.1) is 11.7 Å². The third kappa shape index (κ3) is 2.72. The summed E-state index contributed by atoms with van der Waals surface area (Å²) in [5, 5.41) is 0. The molecular formula is C12H14F3NO. The zero-order valence-electron chi connectivity index (χ0n) is 9.26. The van der Waals surface area contributed by atoms with Crippen molar-refractivity contribution < 1.29 is 17.9 Å². The number of rotatable bonds is 3.